The molecule has 0 aromatic carbocycles. The standard InChI is InChI=1S/C13H26N2/c1-2-11-5-7-15(8-6-11)10-12-3-4-13(14)9-12/h11-13H,2-10,14H2,1H3. The van der Waals surface area contributed by atoms with Crippen molar-refractivity contribution in [3.05, 3.63) is 0 Å². The fourth-order valence-corrected chi connectivity index (χ4v) is 3.22. The average Bonchev–Trinajstić information content (AvgIpc) is 2.65. The van der Waals surface area contributed by atoms with Crippen molar-refractivity contribution in [2.24, 2.45) is 17.6 Å². The molecule has 0 aromatic heterocycles. The van der Waals surface area contributed by atoms with Crippen LogP contribution in [0, 0.1) is 11.8 Å². The molecule has 2 N–H and O–H groups in total. The van der Waals surface area contributed by atoms with Crippen molar-refractivity contribution in [1.82, 2.24) is 4.90 Å². The maximum atomic E-state index is 5.96. The zero-order valence-corrected chi connectivity index (χ0v) is 10.1. The third-order valence-electron chi connectivity index (χ3n) is 4.38. The third-order valence-corrected chi connectivity index (χ3v) is 4.38. The lowest BCUT2D eigenvalue weighted by Gasteiger charge is -2.33. The van der Waals surface area contributed by atoms with Crippen LogP contribution in [0.25, 0.3) is 0 Å². The first kappa shape index (κ1) is 11.4. The second kappa shape index (κ2) is 5.31. The molecule has 88 valence electrons. The Morgan fingerprint density at radius 2 is 1.80 bits per heavy atom. The SMILES string of the molecule is CCC1CCN(CC2CCC(N)C2)CC1. The molecule has 2 unspecified atom stereocenters. The highest BCUT2D eigenvalue weighted by molar-refractivity contribution is 4.81. The summed E-state index contributed by atoms with van der Waals surface area (Å²) in [6, 6.07) is 0.503. The van der Waals surface area contributed by atoms with E-state index in [9.17, 15) is 0 Å². The minimum atomic E-state index is 0.503. The molecular weight excluding hydrogens is 184 g/mol. The Labute approximate surface area is 94.2 Å². The van der Waals surface area contributed by atoms with Gasteiger partial charge in [-0.15, -0.1) is 0 Å². The van der Waals surface area contributed by atoms with E-state index in [1.54, 1.807) is 0 Å². The second-order valence-electron chi connectivity index (χ2n) is 5.59. The Morgan fingerprint density at radius 3 is 2.33 bits per heavy atom. The molecule has 2 aliphatic rings. The molecule has 0 amide bonds. The van der Waals surface area contributed by atoms with Gasteiger partial charge in [0.1, 0.15) is 0 Å². The van der Waals surface area contributed by atoms with Crippen molar-refractivity contribution in [2.75, 3.05) is 19.6 Å². The van der Waals surface area contributed by atoms with E-state index in [1.807, 2.05) is 0 Å². The quantitative estimate of drug-likeness (QED) is 0.774. The summed E-state index contributed by atoms with van der Waals surface area (Å²) in [7, 11) is 0. The van der Waals surface area contributed by atoms with E-state index in [-0.39, 0.29) is 0 Å². The van der Waals surface area contributed by atoms with E-state index in [2.05, 4.69) is 11.8 Å². The summed E-state index contributed by atoms with van der Waals surface area (Å²) in [6.07, 6.45) is 8.13. The van der Waals surface area contributed by atoms with Gasteiger partial charge in [-0.25, -0.2) is 0 Å². The molecule has 0 radical (unpaired) electrons. The predicted molar refractivity (Wildman–Crippen MR) is 64.8 cm³/mol. The number of nitrogens with two attached hydrogens (primary N) is 1. The number of nitrogens with zero attached hydrogens (tertiary/aromatic N) is 1. The van der Waals surface area contributed by atoms with E-state index < -0.39 is 0 Å². The van der Waals surface area contributed by atoms with Crippen molar-refractivity contribution in [2.45, 2.75) is 51.5 Å². The van der Waals surface area contributed by atoms with Crippen LogP contribution >= 0.6 is 0 Å². The molecule has 2 atom stereocenters. The van der Waals surface area contributed by atoms with Crippen LogP contribution in [0.15, 0.2) is 0 Å². The summed E-state index contributed by atoms with van der Waals surface area (Å²) in [5, 5.41) is 0. The molecule has 2 nitrogen and oxygen atoms in total. The molecule has 1 saturated carbocycles. The van der Waals surface area contributed by atoms with Gasteiger partial charge in [0.15, 0.2) is 0 Å². The summed E-state index contributed by atoms with van der Waals surface area (Å²) >= 11 is 0. The van der Waals surface area contributed by atoms with E-state index in [1.165, 1.54) is 58.2 Å². The van der Waals surface area contributed by atoms with Gasteiger partial charge in [-0.3, -0.25) is 0 Å². The largest absolute Gasteiger partial charge is 0.328 e. The molecule has 0 spiro atoms. The lowest BCUT2D eigenvalue weighted by Crippen LogP contribution is -2.36. The smallest absolute Gasteiger partial charge is 0.00420 e. The van der Waals surface area contributed by atoms with Gasteiger partial charge in [0.05, 0.1) is 0 Å². The number of likely N-dealkylation sites (tertiary alicyclic amines) is 1. The molecule has 1 aliphatic heterocycles. The predicted octanol–water partition coefficient (Wildman–Crippen LogP) is 2.24. The van der Waals surface area contributed by atoms with Gasteiger partial charge in [0.2, 0.25) is 0 Å². The van der Waals surface area contributed by atoms with E-state index in [0.29, 0.717) is 6.04 Å². The summed E-state index contributed by atoms with van der Waals surface area (Å²) in [6.45, 7) is 6.33. The Kier molecular flexibility index (Phi) is 4.04. The van der Waals surface area contributed by atoms with Crippen LogP contribution in [0.4, 0.5) is 0 Å². The highest BCUT2D eigenvalue weighted by atomic mass is 15.1. The second-order valence-corrected chi connectivity index (χ2v) is 5.59. The van der Waals surface area contributed by atoms with Gasteiger partial charge in [-0.2, -0.15) is 0 Å². The van der Waals surface area contributed by atoms with Crippen LogP contribution in [-0.4, -0.2) is 30.6 Å². The molecule has 15 heavy (non-hydrogen) atoms. The van der Waals surface area contributed by atoms with Gasteiger partial charge in [0.25, 0.3) is 0 Å². The lowest BCUT2D eigenvalue weighted by molar-refractivity contribution is 0.159. The lowest BCUT2D eigenvalue weighted by atomic mass is 9.93. The van der Waals surface area contributed by atoms with E-state index >= 15 is 0 Å². The molecular formula is C13H26N2. The van der Waals surface area contributed by atoms with Crippen molar-refractivity contribution >= 4 is 0 Å². The van der Waals surface area contributed by atoms with Crippen LogP contribution in [-0.2, 0) is 0 Å². The molecule has 0 aromatic rings. The highest BCUT2D eigenvalue weighted by Crippen LogP contribution is 2.27. The van der Waals surface area contributed by atoms with Crippen molar-refractivity contribution in [3.63, 3.8) is 0 Å². The van der Waals surface area contributed by atoms with Gasteiger partial charge in [-0.05, 0) is 57.0 Å². The fraction of sp³-hybridized carbons (Fsp3) is 1.00. The highest BCUT2D eigenvalue weighted by Gasteiger charge is 2.25. The van der Waals surface area contributed by atoms with Crippen LogP contribution in [0.1, 0.15) is 45.4 Å². The Hall–Kier alpha value is -0.0800. The fourth-order valence-electron chi connectivity index (χ4n) is 3.22. The molecule has 2 rings (SSSR count). The zero-order chi connectivity index (χ0) is 10.7. The molecule has 0 bridgehead atoms. The monoisotopic (exact) mass is 210 g/mol. The molecule has 1 heterocycles. The minimum absolute atomic E-state index is 0.503. The third kappa shape index (κ3) is 3.18. The number of rotatable bonds is 3. The number of hydrogen-bond donors (Lipinski definition) is 1. The maximum Gasteiger partial charge on any atom is 0.00420 e. The van der Waals surface area contributed by atoms with Gasteiger partial charge in [-0.1, -0.05) is 13.3 Å². The molecule has 1 aliphatic carbocycles. The van der Waals surface area contributed by atoms with Crippen molar-refractivity contribution in [1.29, 1.82) is 0 Å². The van der Waals surface area contributed by atoms with Crippen LogP contribution in [0.5, 0.6) is 0 Å². The van der Waals surface area contributed by atoms with Gasteiger partial charge in [0, 0.05) is 12.6 Å². The molecule has 2 fully saturated rings. The first-order valence-electron chi connectivity index (χ1n) is 6.76. The summed E-state index contributed by atoms with van der Waals surface area (Å²) < 4.78 is 0. The number of hydrogen-bond acceptors (Lipinski definition) is 2. The van der Waals surface area contributed by atoms with E-state index in [4.69, 9.17) is 5.73 Å². The Bertz CT molecular complexity index is 185. The van der Waals surface area contributed by atoms with Crippen molar-refractivity contribution in [3.8, 4) is 0 Å². The van der Waals surface area contributed by atoms with Gasteiger partial charge < -0.3 is 10.6 Å². The Morgan fingerprint density at radius 1 is 1.07 bits per heavy atom. The average molecular weight is 210 g/mol. The van der Waals surface area contributed by atoms with E-state index in [0.717, 1.165) is 11.8 Å². The number of piperidine rings is 1. The molecule has 2 heteroatoms. The Balaban J connectivity index is 1.68. The first-order valence-corrected chi connectivity index (χ1v) is 6.76. The normalized spacial score (nSPS) is 34.8. The van der Waals surface area contributed by atoms with Crippen LogP contribution in [0.3, 0.4) is 0 Å². The topological polar surface area (TPSA) is 29.3 Å². The maximum absolute atomic E-state index is 5.96. The summed E-state index contributed by atoms with van der Waals surface area (Å²) in [5.41, 5.74) is 5.96. The summed E-state index contributed by atoms with van der Waals surface area (Å²) in [4.78, 5) is 2.68. The van der Waals surface area contributed by atoms with Crippen LogP contribution < -0.4 is 5.73 Å². The van der Waals surface area contributed by atoms with Crippen molar-refractivity contribution < 1.29 is 0 Å². The van der Waals surface area contributed by atoms with Crippen LogP contribution in [0.2, 0.25) is 0 Å². The minimum Gasteiger partial charge on any atom is -0.328 e. The summed E-state index contributed by atoms with van der Waals surface area (Å²) in [5.74, 6) is 1.91. The molecule has 1 saturated heterocycles. The first-order chi connectivity index (χ1) is 7.28. The zero-order valence-electron chi connectivity index (χ0n) is 10.1. The van der Waals surface area contributed by atoms with Gasteiger partial charge >= 0.3 is 0 Å².